The Balaban J connectivity index is -0.000000532. The zero-order valence-electron chi connectivity index (χ0n) is 44.9. The average Bonchev–Trinajstić information content (AvgIpc) is 3.16. The largest absolute Gasteiger partial charge is 1.00 e. The van der Waals surface area contributed by atoms with Gasteiger partial charge in [0.25, 0.3) is 34.7 Å². The molecule has 0 N–H and O–H groups in total. The second kappa shape index (κ2) is 40.0. The molecule has 0 aromatic carbocycles. The lowest BCUT2D eigenvalue weighted by atomic mass is 10.1. The Morgan fingerprint density at radius 3 is 1.06 bits per heavy atom. The highest BCUT2D eigenvalue weighted by Crippen LogP contribution is 2.32. The van der Waals surface area contributed by atoms with Crippen LogP contribution in [0.1, 0.15) is 125 Å². The second-order valence-electron chi connectivity index (χ2n) is 21.2. The van der Waals surface area contributed by atoms with Crippen molar-refractivity contribution in [1.82, 2.24) is 4.90 Å². The van der Waals surface area contributed by atoms with Crippen molar-refractivity contribution in [2.24, 2.45) is 0 Å². The number of nitriles is 1. The lowest BCUT2D eigenvalue weighted by molar-refractivity contribution is -0.870. The van der Waals surface area contributed by atoms with E-state index in [2.05, 4.69) is 79.4 Å². The van der Waals surface area contributed by atoms with Gasteiger partial charge < -0.3 is 59.4 Å². The second-order valence-corrected chi connectivity index (χ2v) is 49.8. The van der Waals surface area contributed by atoms with Crippen LogP contribution in [0.5, 0.6) is 0 Å². The fourth-order valence-electron chi connectivity index (χ4n) is 7.76. The zero-order valence-corrected chi connectivity index (χ0v) is 55.0. The molecule has 0 aromatic heterocycles. The number of hydrogen-bond acceptors (Lipinski definition) is 10. The van der Waals surface area contributed by atoms with Crippen LogP contribution >= 0.6 is 0 Å². The Morgan fingerprint density at radius 1 is 0.538 bits per heavy atom. The predicted octanol–water partition coefficient (Wildman–Crippen LogP) is 8.89. The normalized spacial score (nSPS) is 11.9. The lowest BCUT2D eigenvalue weighted by Gasteiger charge is -2.37. The van der Waals surface area contributed by atoms with Crippen molar-refractivity contribution in [3.63, 3.8) is 0 Å². The molecule has 0 bridgehead atoms. The van der Waals surface area contributed by atoms with E-state index >= 15 is 0 Å². The molecule has 0 saturated carbocycles. The third-order valence-electron chi connectivity index (χ3n) is 10.7. The first kappa shape index (κ1) is 71.9. The minimum Gasteiger partial charge on any atom is -1.00 e. The van der Waals surface area contributed by atoms with E-state index in [1.54, 1.807) is 6.07 Å². The van der Waals surface area contributed by atoms with Gasteiger partial charge in [-0.1, -0.05) is 47.0 Å². The molecule has 0 radical (unpaired) electrons. The van der Waals surface area contributed by atoms with E-state index in [1.165, 1.54) is 13.3 Å². The molecule has 0 fully saturated rings. The molecule has 382 valence electrons. The molecule has 0 spiro atoms. The van der Waals surface area contributed by atoms with Gasteiger partial charge in [-0.05, 0) is 141 Å². The van der Waals surface area contributed by atoms with Crippen LogP contribution < -0.4 is 24.0 Å². The summed E-state index contributed by atoms with van der Waals surface area (Å²) in [5.41, 5.74) is 2.70. The van der Waals surface area contributed by atoms with Gasteiger partial charge in [-0.2, -0.15) is 5.26 Å². The van der Waals surface area contributed by atoms with Gasteiger partial charge in [-0.15, -0.1) is 0 Å². The molecule has 0 aliphatic rings. The molecule has 11 nitrogen and oxygen atoms in total. The van der Waals surface area contributed by atoms with Crippen LogP contribution in [-0.2, 0) is 35.7 Å². The molecule has 0 amide bonds. The van der Waals surface area contributed by atoms with Gasteiger partial charge in [0.2, 0.25) is 0 Å². The van der Waals surface area contributed by atoms with Gasteiger partial charge in [0.15, 0.2) is 33.3 Å². The molecular formula is C45H100IN3O8Si8. The fourth-order valence-corrected chi connectivity index (χ4v) is 46.1. The summed E-state index contributed by atoms with van der Waals surface area (Å²) in [4.78, 5) is 26.7. The Morgan fingerprint density at radius 2 is 0.815 bits per heavy atom. The number of hydrogen-bond donors (Lipinski definition) is 0. The minimum atomic E-state index is -2.31. The van der Waals surface area contributed by atoms with E-state index in [-0.39, 0.29) is 24.0 Å². The standard InChI is InChI=1S/C22H50NO4Si4.C21H47NO4Si4.C2H3N.HI/c1-9-28(25)20-31(21-29(26)10-2,27-30(6,7)8)19-15-13-17-22(24)16-12-11-14-18-23(3,4)5;1-8-27(24)19-30(20-28(25)9-2,26-29(5,6)7)18-14-12-16-21(23)15-11-10-13-17-22(3)4;1-2-3;/h9-21H2,1-8H3;8-20H2,1-7H3;1H3;1H/q+1;;;/p-1. The van der Waals surface area contributed by atoms with E-state index in [0.717, 1.165) is 87.4 Å². The van der Waals surface area contributed by atoms with Gasteiger partial charge in [0.1, 0.15) is 11.6 Å². The first-order valence-electron chi connectivity index (χ1n) is 24.8. The van der Waals surface area contributed by atoms with Crippen molar-refractivity contribution in [2.45, 2.75) is 223 Å². The summed E-state index contributed by atoms with van der Waals surface area (Å²) in [5, 5.41) is 7.32. The highest BCUT2D eigenvalue weighted by atomic mass is 127. The van der Waals surface area contributed by atoms with E-state index in [1.807, 2.05) is 27.7 Å². The van der Waals surface area contributed by atoms with Crippen LogP contribution in [-0.4, -0.2) is 137 Å². The number of Topliss-reactive ketones (excluding diaryl/α,β-unsaturated/α-hetero) is 2. The number of ketones is 2. The number of rotatable bonds is 38. The maximum absolute atomic E-state index is 12.6. The summed E-state index contributed by atoms with van der Waals surface area (Å²) in [6, 6.07) is 6.37. The minimum absolute atomic E-state index is 0. The third-order valence-corrected chi connectivity index (χ3v) is 41.4. The monoisotopic (exact) mass is 1160 g/mol. The quantitative estimate of drug-likeness (QED) is 0.0254. The van der Waals surface area contributed by atoms with Crippen LogP contribution in [0.4, 0.5) is 0 Å². The SMILES string of the molecule is CC#N.CC[Si](=O)C[Si](CCCCC(=O)CCCCCN(C)C)(C[Si](=O)CC)O[Si](C)(C)C.CC[Si](=O)C[Si](CCCCC(=O)CCCCC[N+](C)(C)C)(C[Si](=O)CC)O[Si](C)(C)C.[I-]. The number of carbonyl (C=O) groups is 2. The van der Waals surface area contributed by atoms with Gasteiger partial charge in [-0.3, -0.25) is 9.59 Å². The third kappa shape index (κ3) is 46.5. The van der Waals surface area contributed by atoms with E-state index in [9.17, 15) is 27.4 Å². The number of carbonyl (C=O) groups excluding carboxylic acids is 2. The summed E-state index contributed by atoms with van der Waals surface area (Å²) < 4.78 is 64.7. The topological polar surface area (TPSA) is 148 Å². The molecule has 0 atom stereocenters. The van der Waals surface area contributed by atoms with Crippen molar-refractivity contribution in [2.75, 3.05) is 48.3 Å². The summed E-state index contributed by atoms with van der Waals surface area (Å²) in [6.07, 6.45) is 12.8. The molecular weight excluding hydrogens is 1060 g/mol. The lowest BCUT2D eigenvalue weighted by Crippen LogP contribution is -3.00. The van der Waals surface area contributed by atoms with Crippen molar-refractivity contribution in [1.29, 1.82) is 5.26 Å². The maximum atomic E-state index is 12.6. The molecule has 65 heavy (non-hydrogen) atoms. The molecule has 0 saturated heterocycles. The van der Waals surface area contributed by atoms with E-state index < -0.39 is 68.0 Å². The van der Waals surface area contributed by atoms with Crippen LogP contribution in [0.25, 0.3) is 0 Å². The number of nitrogens with zero attached hydrogens (tertiary/aromatic N) is 3. The van der Waals surface area contributed by atoms with Gasteiger partial charge in [0, 0.05) is 55.3 Å². The summed E-state index contributed by atoms with van der Waals surface area (Å²) in [7, 11) is -4.18. The predicted molar refractivity (Wildman–Crippen MR) is 284 cm³/mol. The summed E-state index contributed by atoms with van der Waals surface area (Å²) in [6.45, 7) is 24.7. The van der Waals surface area contributed by atoms with Crippen molar-refractivity contribution >= 4 is 79.6 Å². The average molecular weight is 1160 g/mol. The first-order chi connectivity index (χ1) is 29.6. The zero-order chi connectivity index (χ0) is 50.0. The molecule has 0 unspecified atom stereocenters. The molecule has 0 aromatic rings. The van der Waals surface area contributed by atoms with Gasteiger partial charge >= 0.3 is 0 Å². The van der Waals surface area contributed by atoms with Crippen molar-refractivity contribution in [3.8, 4) is 6.07 Å². The fraction of sp³-hybridized carbons (Fsp3) is 0.933. The van der Waals surface area contributed by atoms with Crippen LogP contribution in [0.3, 0.4) is 0 Å². The summed E-state index contributed by atoms with van der Waals surface area (Å²) >= 11 is 0. The van der Waals surface area contributed by atoms with Crippen molar-refractivity contribution in [3.05, 3.63) is 0 Å². The molecule has 0 aliphatic heterocycles. The van der Waals surface area contributed by atoms with Crippen LogP contribution in [0.2, 0.25) is 98.2 Å². The molecule has 20 heteroatoms. The highest BCUT2D eigenvalue weighted by molar-refractivity contribution is 6.94. The van der Waals surface area contributed by atoms with Gasteiger partial charge in [-0.25, -0.2) is 0 Å². The van der Waals surface area contributed by atoms with E-state index in [4.69, 9.17) is 13.5 Å². The number of unbranched alkanes of at least 4 members (excludes halogenated alkanes) is 6. The Kier molecular flexibility index (Phi) is 44.2. The Hall–Kier alpha value is 0.335. The first-order valence-corrected chi connectivity index (χ1v) is 44.0. The highest BCUT2D eigenvalue weighted by Gasteiger charge is 2.43. The molecule has 0 heterocycles. The van der Waals surface area contributed by atoms with Crippen LogP contribution in [0.15, 0.2) is 0 Å². The Labute approximate surface area is 427 Å². The smallest absolute Gasteiger partial charge is 0.275 e. The maximum Gasteiger partial charge on any atom is 0.275 e. The van der Waals surface area contributed by atoms with Gasteiger partial charge in [0.05, 0.1) is 33.8 Å². The van der Waals surface area contributed by atoms with Crippen LogP contribution in [0, 0.1) is 11.3 Å². The molecule has 0 rings (SSSR count). The Bertz CT molecular complexity index is 1360. The van der Waals surface area contributed by atoms with Crippen molar-refractivity contribution < 1.29 is 64.1 Å². The number of halogens is 1. The molecule has 0 aliphatic carbocycles. The number of quaternary nitrogens is 1. The summed E-state index contributed by atoms with van der Waals surface area (Å²) in [5.74, 6) is 0.732. The van der Waals surface area contributed by atoms with E-state index in [0.29, 0.717) is 84.1 Å².